The highest BCUT2D eigenvalue weighted by Crippen LogP contribution is 2.14. The van der Waals surface area contributed by atoms with Gasteiger partial charge in [0.15, 0.2) is 4.67 Å². The molecule has 17 heavy (non-hydrogen) atoms. The van der Waals surface area contributed by atoms with Crippen LogP contribution in [-0.2, 0) is 4.79 Å². The Morgan fingerprint density at radius 2 is 2.35 bits per heavy atom. The van der Waals surface area contributed by atoms with Crippen LogP contribution in [0.2, 0.25) is 0 Å². The van der Waals surface area contributed by atoms with Gasteiger partial charge in [-0.1, -0.05) is 6.08 Å². The molecule has 0 aliphatic rings. The zero-order valence-electron chi connectivity index (χ0n) is 8.98. The van der Waals surface area contributed by atoms with E-state index in [0.717, 1.165) is 0 Å². The molecule has 1 unspecified atom stereocenters. The Labute approximate surface area is 107 Å². The maximum Gasteiger partial charge on any atom is 0.326 e. The van der Waals surface area contributed by atoms with Crippen molar-refractivity contribution >= 4 is 27.8 Å². The van der Waals surface area contributed by atoms with Crippen molar-refractivity contribution in [2.45, 2.75) is 18.9 Å². The standard InChI is InChI=1S/C11H12BrNO4/c1-2-3-4-8(11(15)16)13-10(14)7-5-9(12)17-6-7/h2,5-6,8H,1,3-4H2,(H,13,14)(H,15,16). The normalized spacial score (nSPS) is 11.8. The number of carbonyl (C=O) groups excluding carboxylic acids is 1. The summed E-state index contributed by atoms with van der Waals surface area (Å²) in [6, 6.07) is 0.552. The molecular weight excluding hydrogens is 290 g/mol. The van der Waals surface area contributed by atoms with Gasteiger partial charge >= 0.3 is 5.97 Å². The van der Waals surface area contributed by atoms with Crippen LogP contribution in [0.1, 0.15) is 23.2 Å². The Morgan fingerprint density at radius 1 is 1.65 bits per heavy atom. The van der Waals surface area contributed by atoms with Crippen molar-refractivity contribution in [3.05, 3.63) is 35.2 Å². The van der Waals surface area contributed by atoms with Crippen LogP contribution in [0.15, 0.2) is 34.1 Å². The number of hydrogen-bond acceptors (Lipinski definition) is 3. The SMILES string of the molecule is C=CCCC(NC(=O)c1coc(Br)c1)C(=O)O. The van der Waals surface area contributed by atoms with Crippen LogP contribution in [0.5, 0.6) is 0 Å². The Balaban J connectivity index is 2.63. The predicted octanol–water partition coefficient (Wildman–Crippen LogP) is 2.19. The topological polar surface area (TPSA) is 79.5 Å². The first-order valence-electron chi connectivity index (χ1n) is 4.93. The number of halogens is 1. The zero-order valence-corrected chi connectivity index (χ0v) is 10.6. The molecule has 6 heteroatoms. The van der Waals surface area contributed by atoms with E-state index in [4.69, 9.17) is 9.52 Å². The molecule has 0 bridgehead atoms. The van der Waals surface area contributed by atoms with E-state index in [0.29, 0.717) is 17.5 Å². The van der Waals surface area contributed by atoms with E-state index >= 15 is 0 Å². The van der Waals surface area contributed by atoms with E-state index < -0.39 is 17.9 Å². The number of nitrogens with one attached hydrogen (secondary N) is 1. The van der Waals surface area contributed by atoms with Crippen LogP contribution in [0, 0.1) is 0 Å². The molecule has 1 atom stereocenters. The van der Waals surface area contributed by atoms with Crippen LogP contribution < -0.4 is 5.32 Å². The van der Waals surface area contributed by atoms with Gasteiger partial charge in [-0.15, -0.1) is 6.58 Å². The van der Waals surface area contributed by atoms with Gasteiger partial charge in [0.2, 0.25) is 0 Å². The highest BCUT2D eigenvalue weighted by molar-refractivity contribution is 9.10. The lowest BCUT2D eigenvalue weighted by atomic mass is 10.1. The smallest absolute Gasteiger partial charge is 0.326 e. The van der Waals surface area contributed by atoms with Crippen molar-refractivity contribution in [3.63, 3.8) is 0 Å². The van der Waals surface area contributed by atoms with Crippen molar-refractivity contribution in [2.24, 2.45) is 0 Å². The Hall–Kier alpha value is -1.56. The molecule has 0 aliphatic heterocycles. The summed E-state index contributed by atoms with van der Waals surface area (Å²) in [6.07, 6.45) is 3.69. The van der Waals surface area contributed by atoms with Gasteiger partial charge in [-0.2, -0.15) is 0 Å². The minimum absolute atomic E-state index is 0.279. The molecule has 0 aliphatic carbocycles. The number of hydrogen-bond donors (Lipinski definition) is 2. The van der Waals surface area contributed by atoms with E-state index in [1.54, 1.807) is 6.08 Å². The summed E-state index contributed by atoms with van der Waals surface area (Å²) in [5.41, 5.74) is 0.279. The largest absolute Gasteiger partial charge is 0.480 e. The molecule has 0 spiro atoms. The fraction of sp³-hybridized carbons (Fsp3) is 0.273. The molecule has 1 aromatic rings. The van der Waals surface area contributed by atoms with Crippen molar-refractivity contribution in [1.82, 2.24) is 5.32 Å². The molecule has 0 radical (unpaired) electrons. The number of carbonyl (C=O) groups is 2. The number of aliphatic carboxylic acids is 1. The molecule has 1 rings (SSSR count). The fourth-order valence-electron chi connectivity index (χ4n) is 1.21. The first-order chi connectivity index (χ1) is 8.04. The quantitative estimate of drug-likeness (QED) is 0.789. The van der Waals surface area contributed by atoms with Gasteiger partial charge in [-0.25, -0.2) is 4.79 Å². The van der Waals surface area contributed by atoms with Gasteiger partial charge in [0, 0.05) is 6.07 Å². The van der Waals surface area contributed by atoms with E-state index in [1.165, 1.54) is 12.3 Å². The number of amides is 1. The first-order valence-corrected chi connectivity index (χ1v) is 5.72. The van der Waals surface area contributed by atoms with Crippen molar-refractivity contribution < 1.29 is 19.1 Å². The maximum absolute atomic E-state index is 11.7. The summed E-state index contributed by atoms with van der Waals surface area (Å²) in [7, 11) is 0. The zero-order chi connectivity index (χ0) is 12.8. The molecule has 0 aromatic carbocycles. The lowest BCUT2D eigenvalue weighted by Crippen LogP contribution is -2.40. The number of furan rings is 1. The second kappa shape index (κ2) is 6.24. The van der Waals surface area contributed by atoms with E-state index in [2.05, 4.69) is 27.8 Å². The summed E-state index contributed by atoms with van der Waals surface area (Å²) in [4.78, 5) is 22.6. The van der Waals surface area contributed by atoms with E-state index in [1.807, 2.05) is 0 Å². The van der Waals surface area contributed by atoms with E-state index in [-0.39, 0.29) is 5.56 Å². The molecule has 1 aromatic heterocycles. The van der Waals surface area contributed by atoms with Gasteiger partial charge in [-0.3, -0.25) is 4.79 Å². The highest BCUT2D eigenvalue weighted by Gasteiger charge is 2.20. The second-order valence-electron chi connectivity index (χ2n) is 3.37. The fourth-order valence-corrected chi connectivity index (χ4v) is 1.55. The van der Waals surface area contributed by atoms with Crippen LogP contribution in [0.3, 0.4) is 0 Å². The predicted molar refractivity (Wildman–Crippen MR) is 64.7 cm³/mol. The third-order valence-electron chi connectivity index (χ3n) is 2.09. The number of rotatable bonds is 6. The molecule has 5 nitrogen and oxygen atoms in total. The molecule has 0 fully saturated rings. The lowest BCUT2D eigenvalue weighted by Gasteiger charge is -2.12. The van der Waals surface area contributed by atoms with Crippen LogP contribution in [-0.4, -0.2) is 23.0 Å². The van der Waals surface area contributed by atoms with Gasteiger partial charge in [0.05, 0.1) is 5.56 Å². The summed E-state index contributed by atoms with van der Waals surface area (Å²) in [5.74, 6) is -1.54. The van der Waals surface area contributed by atoms with Crippen molar-refractivity contribution in [3.8, 4) is 0 Å². The average molecular weight is 302 g/mol. The highest BCUT2D eigenvalue weighted by atomic mass is 79.9. The molecular formula is C11H12BrNO4. The Kier molecular flexibility index (Phi) is 4.96. The second-order valence-corrected chi connectivity index (χ2v) is 4.15. The molecule has 92 valence electrons. The Morgan fingerprint density at radius 3 is 2.82 bits per heavy atom. The van der Waals surface area contributed by atoms with E-state index in [9.17, 15) is 9.59 Å². The summed E-state index contributed by atoms with van der Waals surface area (Å²) < 4.78 is 5.32. The maximum atomic E-state index is 11.7. The third kappa shape index (κ3) is 4.07. The number of carboxylic acid groups (broad SMARTS) is 1. The first kappa shape index (κ1) is 13.5. The Bertz CT molecular complexity index is 427. The lowest BCUT2D eigenvalue weighted by molar-refractivity contribution is -0.139. The molecule has 0 saturated heterocycles. The summed E-state index contributed by atoms with van der Waals surface area (Å²) in [6.45, 7) is 3.51. The molecule has 2 N–H and O–H groups in total. The average Bonchev–Trinajstić information content (AvgIpc) is 2.70. The van der Waals surface area contributed by atoms with Gasteiger partial charge in [0.25, 0.3) is 5.91 Å². The molecule has 1 heterocycles. The van der Waals surface area contributed by atoms with Crippen LogP contribution in [0.4, 0.5) is 0 Å². The third-order valence-corrected chi connectivity index (χ3v) is 2.51. The molecule has 1 amide bonds. The van der Waals surface area contributed by atoms with Crippen LogP contribution in [0.25, 0.3) is 0 Å². The molecule has 0 saturated carbocycles. The monoisotopic (exact) mass is 301 g/mol. The van der Waals surface area contributed by atoms with Crippen molar-refractivity contribution in [2.75, 3.05) is 0 Å². The summed E-state index contributed by atoms with van der Waals surface area (Å²) >= 11 is 3.06. The minimum atomic E-state index is -1.07. The van der Waals surface area contributed by atoms with Gasteiger partial charge in [0.1, 0.15) is 12.3 Å². The number of allylic oxidation sites excluding steroid dienone is 1. The van der Waals surface area contributed by atoms with Gasteiger partial charge in [-0.05, 0) is 28.8 Å². The van der Waals surface area contributed by atoms with Crippen molar-refractivity contribution in [1.29, 1.82) is 0 Å². The minimum Gasteiger partial charge on any atom is -0.480 e. The number of carboxylic acids is 1. The van der Waals surface area contributed by atoms with Crippen LogP contribution >= 0.6 is 15.9 Å². The summed E-state index contributed by atoms with van der Waals surface area (Å²) in [5, 5.41) is 11.3. The van der Waals surface area contributed by atoms with Gasteiger partial charge < -0.3 is 14.8 Å².